The van der Waals surface area contributed by atoms with E-state index in [0.717, 1.165) is 6.08 Å². The van der Waals surface area contributed by atoms with Crippen molar-refractivity contribution >= 4 is 27.8 Å². The minimum absolute atomic E-state index is 0.0805. The number of nitrogens with one attached hydrogen (secondary N) is 1. The van der Waals surface area contributed by atoms with E-state index in [4.69, 9.17) is 14.6 Å². The van der Waals surface area contributed by atoms with Crippen molar-refractivity contribution in [2.75, 3.05) is 18.9 Å². The third-order valence-electron chi connectivity index (χ3n) is 4.97. The molecule has 1 heterocycles. The molecule has 2 aromatic carbocycles. The number of aromatic nitrogens is 2. The van der Waals surface area contributed by atoms with Crippen LogP contribution < -0.4 is 19.8 Å². The predicted molar refractivity (Wildman–Crippen MR) is 123 cm³/mol. The van der Waals surface area contributed by atoms with E-state index in [1.54, 1.807) is 49.0 Å². The fourth-order valence-corrected chi connectivity index (χ4v) is 4.62. The Morgan fingerprint density at radius 2 is 1.79 bits per heavy atom. The molecule has 33 heavy (non-hydrogen) atoms. The van der Waals surface area contributed by atoms with Crippen LogP contribution in [0.2, 0.25) is 0 Å². The van der Waals surface area contributed by atoms with E-state index >= 15 is 0 Å². The summed E-state index contributed by atoms with van der Waals surface area (Å²) in [7, 11) is -0.0988. The Hall–Kier alpha value is -3.99. The number of sulfonamides is 1. The smallest absolute Gasteiger partial charge is 0.328 e. The van der Waals surface area contributed by atoms with Crippen molar-refractivity contribution in [2.45, 2.75) is 11.8 Å². The monoisotopic (exact) mass is 473 g/mol. The number of methoxy groups -OCH3 is 2. The molecule has 3 rings (SSSR count). The fourth-order valence-electron chi connectivity index (χ4n) is 3.29. The van der Waals surface area contributed by atoms with Gasteiger partial charge in [-0.25, -0.2) is 17.9 Å². The van der Waals surface area contributed by atoms with Crippen molar-refractivity contribution in [1.82, 2.24) is 9.36 Å². The number of nitrogens with zero attached hydrogens (tertiary/aromatic N) is 2. The number of para-hydroxylation sites is 1. The highest BCUT2D eigenvalue weighted by molar-refractivity contribution is 7.92. The average molecular weight is 474 g/mol. The highest BCUT2D eigenvalue weighted by Crippen LogP contribution is 2.37. The zero-order valence-corrected chi connectivity index (χ0v) is 19.2. The fraction of sp³-hybridized carbons (Fsp3) is 0.182. The van der Waals surface area contributed by atoms with E-state index in [2.05, 4.69) is 4.72 Å². The molecule has 11 heteroatoms. The van der Waals surface area contributed by atoms with Crippen molar-refractivity contribution in [1.29, 1.82) is 0 Å². The van der Waals surface area contributed by atoms with Gasteiger partial charge in [0, 0.05) is 13.1 Å². The molecule has 10 nitrogen and oxygen atoms in total. The van der Waals surface area contributed by atoms with E-state index in [-0.39, 0.29) is 27.6 Å². The Bertz CT molecular complexity index is 1390. The molecule has 0 saturated heterocycles. The minimum Gasteiger partial charge on any atom is -0.493 e. The molecule has 0 unspecified atom stereocenters. The summed E-state index contributed by atoms with van der Waals surface area (Å²) >= 11 is 0. The van der Waals surface area contributed by atoms with Crippen LogP contribution in [0.5, 0.6) is 11.5 Å². The molecule has 0 aliphatic heterocycles. The minimum atomic E-state index is -4.34. The van der Waals surface area contributed by atoms with Gasteiger partial charge < -0.3 is 14.6 Å². The molecule has 174 valence electrons. The molecular formula is C22H23N3O7S. The molecule has 0 saturated carbocycles. The Morgan fingerprint density at radius 3 is 2.36 bits per heavy atom. The predicted octanol–water partition coefficient (Wildman–Crippen LogP) is 2.40. The SMILES string of the molecule is COc1cc(/C=C/C(=O)O)cc(S(=O)(=O)Nc2c(C)n(C)n(-c3ccccc3)c2=O)c1OC. The molecule has 0 fully saturated rings. The highest BCUT2D eigenvalue weighted by Gasteiger charge is 2.27. The Labute approximate surface area is 190 Å². The first-order valence-corrected chi connectivity index (χ1v) is 11.1. The van der Waals surface area contributed by atoms with E-state index in [9.17, 15) is 18.0 Å². The molecule has 3 aromatic rings. The van der Waals surface area contributed by atoms with Gasteiger partial charge in [-0.3, -0.25) is 14.2 Å². The normalized spacial score (nSPS) is 11.5. The molecule has 2 N–H and O–H groups in total. The number of carbonyl (C=O) groups is 1. The van der Waals surface area contributed by atoms with Crippen molar-refractivity contribution in [2.24, 2.45) is 7.05 Å². The first-order valence-electron chi connectivity index (χ1n) is 9.64. The zero-order valence-electron chi connectivity index (χ0n) is 18.4. The molecule has 0 aliphatic carbocycles. The van der Waals surface area contributed by atoms with Gasteiger partial charge in [0.15, 0.2) is 11.5 Å². The van der Waals surface area contributed by atoms with Gasteiger partial charge in [-0.05, 0) is 42.8 Å². The molecule has 0 amide bonds. The summed E-state index contributed by atoms with van der Waals surface area (Å²) in [6.07, 6.45) is 2.09. The number of anilines is 1. The summed E-state index contributed by atoms with van der Waals surface area (Å²) in [5.41, 5.74) is 0.521. The molecule has 0 spiro atoms. The van der Waals surface area contributed by atoms with Crippen molar-refractivity contribution in [3.63, 3.8) is 0 Å². The van der Waals surface area contributed by atoms with Crippen molar-refractivity contribution in [3.05, 3.63) is 70.2 Å². The zero-order chi connectivity index (χ0) is 24.3. The number of carboxylic acid groups (broad SMARTS) is 1. The molecule has 0 aliphatic rings. The summed E-state index contributed by atoms with van der Waals surface area (Å²) in [6.45, 7) is 1.61. The third-order valence-corrected chi connectivity index (χ3v) is 6.32. The topological polar surface area (TPSA) is 129 Å². The van der Waals surface area contributed by atoms with Gasteiger partial charge in [0.2, 0.25) is 0 Å². The maximum atomic E-state index is 13.4. The van der Waals surface area contributed by atoms with E-state index in [0.29, 0.717) is 11.4 Å². The van der Waals surface area contributed by atoms with Crippen LogP contribution in [0.3, 0.4) is 0 Å². The molecule has 0 radical (unpaired) electrons. The lowest BCUT2D eigenvalue weighted by Gasteiger charge is -2.15. The van der Waals surface area contributed by atoms with Gasteiger partial charge in [0.25, 0.3) is 15.6 Å². The lowest BCUT2D eigenvalue weighted by atomic mass is 10.2. The van der Waals surface area contributed by atoms with Crippen LogP contribution in [-0.2, 0) is 21.9 Å². The highest BCUT2D eigenvalue weighted by atomic mass is 32.2. The van der Waals surface area contributed by atoms with Gasteiger partial charge in [0.05, 0.1) is 25.6 Å². The standard InChI is InChI=1S/C22H23N3O7S/c1-14-20(22(28)25(24(14)2)16-8-6-5-7-9-16)23-33(29,30)18-13-15(10-11-19(26)27)12-17(31-3)21(18)32-4/h5-13,23H,1-4H3,(H,26,27)/b11-10+. The van der Waals surface area contributed by atoms with Crippen LogP contribution >= 0.6 is 0 Å². The second kappa shape index (κ2) is 9.25. The maximum absolute atomic E-state index is 13.4. The van der Waals surface area contributed by atoms with E-state index < -0.39 is 21.6 Å². The van der Waals surface area contributed by atoms with Gasteiger partial charge >= 0.3 is 5.97 Å². The van der Waals surface area contributed by atoms with E-state index in [1.807, 2.05) is 0 Å². The molecule has 0 atom stereocenters. The number of rotatable bonds is 8. The summed E-state index contributed by atoms with van der Waals surface area (Å²) in [6, 6.07) is 11.5. The summed E-state index contributed by atoms with van der Waals surface area (Å²) in [5, 5.41) is 8.90. The van der Waals surface area contributed by atoms with Gasteiger partial charge in [-0.15, -0.1) is 0 Å². The lowest BCUT2D eigenvalue weighted by molar-refractivity contribution is -0.131. The van der Waals surface area contributed by atoms with Crippen LogP contribution in [0, 0.1) is 6.92 Å². The number of ether oxygens (including phenoxy) is 2. The van der Waals surface area contributed by atoms with Gasteiger partial charge in [0.1, 0.15) is 10.6 Å². The van der Waals surface area contributed by atoms with Crippen LogP contribution in [0.1, 0.15) is 11.3 Å². The van der Waals surface area contributed by atoms with Crippen LogP contribution in [-0.4, -0.2) is 43.1 Å². The Balaban J connectivity index is 2.16. The van der Waals surface area contributed by atoms with Gasteiger partial charge in [-0.1, -0.05) is 18.2 Å². The first kappa shape index (κ1) is 23.7. The number of aliphatic carboxylic acids is 1. The largest absolute Gasteiger partial charge is 0.493 e. The second-order valence-electron chi connectivity index (χ2n) is 6.97. The van der Waals surface area contributed by atoms with Crippen LogP contribution in [0.15, 0.2) is 58.2 Å². The van der Waals surface area contributed by atoms with Crippen LogP contribution in [0.4, 0.5) is 5.69 Å². The van der Waals surface area contributed by atoms with E-state index in [1.165, 1.54) is 37.1 Å². The Morgan fingerprint density at radius 1 is 1.12 bits per heavy atom. The summed E-state index contributed by atoms with van der Waals surface area (Å²) in [4.78, 5) is 23.7. The molecule has 0 bridgehead atoms. The summed E-state index contributed by atoms with van der Waals surface area (Å²) < 4.78 is 42.4. The number of hydrogen-bond acceptors (Lipinski definition) is 6. The molecule has 1 aromatic heterocycles. The number of hydrogen-bond donors (Lipinski definition) is 2. The lowest BCUT2D eigenvalue weighted by Crippen LogP contribution is -2.23. The summed E-state index contributed by atoms with van der Waals surface area (Å²) in [5.74, 6) is -1.21. The number of benzene rings is 2. The van der Waals surface area contributed by atoms with Crippen LogP contribution in [0.25, 0.3) is 11.8 Å². The van der Waals surface area contributed by atoms with Crippen molar-refractivity contribution < 1.29 is 27.8 Å². The second-order valence-corrected chi connectivity index (χ2v) is 8.62. The maximum Gasteiger partial charge on any atom is 0.328 e. The third kappa shape index (κ3) is 4.62. The number of carboxylic acids is 1. The quantitative estimate of drug-likeness (QED) is 0.481. The average Bonchev–Trinajstić information content (AvgIpc) is 3.00. The molecular weight excluding hydrogens is 450 g/mol. The first-order chi connectivity index (χ1) is 15.6. The Kier molecular flexibility index (Phi) is 6.63. The van der Waals surface area contributed by atoms with Crippen molar-refractivity contribution in [3.8, 4) is 17.2 Å². The van der Waals surface area contributed by atoms with Gasteiger partial charge in [-0.2, -0.15) is 0 Å².